The summed E-state index contributed by atoms with van der Waals surface area (Å²) in [6.07, 6.45) is 5.03. The van der Waals surface area contributed by atoms with Gasteiger partial charge in [0.2, 0.25) is 0 Å². The molecule has 0 saturated heterocycles. The fraction of sp³-hybridized carbons (Fsp3) is 0.583. The number of pyridine rings is 1. The number of nitrogens with zero attached hydrogens (tertiary/aromatic N) is 1. The number of hydrogen-bond donors (Lipinski definition) is 1. The predicted molar refractivity (Wildman–Crippen MR) is 58.2 cm³/mol. The highest BCUT2D eigenvalue weighted by Gasteiger charge is 2.13. The van der Waals surface area contributed by atoms with Gasteiger partial charge in [0.25, 0.3) is 0 Å². The van der Waals surface area contributed by atoms with E-state index < -0.39 is 0 Å². The molecule has 0 amide bonds. The zero-order valence-corrected chi connectivity index (χ0v) is 9.20. The molecule has 14 heavy (non-hydrogen) atoms. The fourth-order valence-electron chi connectivity index (χ4n) is 1.65. The van der Waals surface area contributed by atoms with Crippen LogP contribution >= 0.6 is 0 Å². The fourth-order valence-corrected chi connectivity index (χ4v) is 1.65. The van der Waals surface area contributed by atoms with E-state index in [2.05, 4.69) is 25.8 Å². The summed E-state index contributed by atoms with van der Waals surface area (Å²) in [7, 11) is 0. The van der Waals surface area contributed by atoms with Crippen LogP contribution in [-0.4, -0.2) is 10.1 Å². The van der Waals surface area contributed by atoms with E-state index in [9.17, 15) is 5.11 Å². The van der Waals surface area contributed by atoms with Gasteiger partial charge in [-0.05, 0) is 24.0 Å². The van der Waals surface area contributed by atoms with Crippen LogP contribution in [0.25, 0.3) is 0 Å². The van der Waals surface area contributed by atoms with Crippen molar-refractivity contribution < 1.29 is 5.11 Å². The minimum Gasteiger partial charge on any atom is -0.388 e. The van der Waals surface area contributed by atoms with Gasteiger partial charge in [-0.2, -0.15) is 0 Å². The lowest BCUT2D eigenvalue weighted by atomic mass is 9.94. The van der Waals surface area contributed by atoms with Gasteiger partial charge in [-0.25, -0.2) is 0 Å². The molecule has 0 aliphatic carbocycles. The Bertz CT molecular complexity index is 283. The van der Waals surface area contributed by atoms with Crippen molar-refractivity contribution in [2.75, 3.05) is 0 Å². The van der Waals surface area contributed by atoms with Gasteiger partial charge in [-0.1, -0.05) is 27.2 Å². The highest BCUT2D eigenvalue weighted by molar-refractivity contribution is 5.28. The van der Waals surface area contributed by atoms with E-state index in [0.29, 0.717) is 5.92 Å². The van der Waals surface area contributed by atoms with Gasteiger partial charge in [0.05, 0.1) is 6.10 Å². The van der Waals surface area contributed by atoms with E-state index in [1.54, 1.807) is 12.4 Å². The summed E-state index contributed by atoms with van der Waals surface area (Å²) in [5, 5.41) is 9.91. The van der Waals surface area contributed by atoms with E-state index in [1.165, 1.54) is 5.56 Å². The molecule has 0 aliphatic heterocycles. The first-order valence-electron chi connectivity index (χ1n) is 5.28. The molecular weight excluding hydrogens is 174 g/mol. The minimum absolute atomic E-state index is 0.355. The molecule has 0 fully saturated rings. The maximum atomic E-state index is 9.91. The molecule has 1 aromatic heterocycles. The molecule has 2 nitrogen and oxygen atoms in total. The van der Waals surface area contributed by atoms with Crippen molar-refractivity contribution in [1.82, 2.24) is 4.98 Å². The third-order valence-corrected chi connectivity index (χ3v) is 2.43. The Balaban J connectivity index is 2.94. The van der Waals surface area contributed by atoms with Crippen molar-refractivity contribution in [1.29, 1.82) is 0 Å². The predicted octanol–water partition coefficient (Wildman–Crippen LogP) is 3.04. The first-order chi connectivity index (χ1) is 6.66. The van der Waals surface area contributed by atoms with Crippen molar-refractivity contribution in [2.45, 2.75) is 45.6 Å². The zero-order valence-electron chi connectivity index (χ0n) is 9.20. The molecular formula is C12H19NO. The highest BCUT2D eigenvalue weighted by atomic mass is 16.3. The maximum Gasteiger partial charge on any atom is 0.0807 e. The molecule has 78 valence electrons. The van der Waals surface area contributed by atoms with Gasteiger partial charge in [-0.3, -0.25) is 4.98 Å². The van der Waals surface area contributed by atoms with E-state index in [0.717, 1.165) is 18.4 Å². The van der Waals surface area contributed by atoms with Gasteiger partial charge < -0.3 is 5.11 Å². The normalized spacial score (nSPS) is 13.2. The van der Waals surface area contributed by atoms with Crippen LogP contribution in [0.3, 0.4) is 0 Å². The lowest BCUT2D eigenvalue weighted by molar-refractivity contribution is 0.164. The molecule has 1 N–H and O–H groups in total. The van der Waals surface area contributed by atoms with Crippen molar-refractivity contribution in [3.63, 3.8) is 0 Å². The molecule has 1 rings (SSSR count). The highest BCUT2D eigenvalue weighted by Crippen LogP contribution is 2.26. The summed E-state index contributed by atoms with van der Waals surface area (Å²) in [5.41, 5.74) is 2.20. The van der Waals surface area contributed by atoms with Gasteiger partial charge in [0.1, 0.15) is 0 Å². The molecule has 0 aliphatic rings. The molecule has 1 aromatic rings. The summed E-state index contributed by atoms with van der Waals surface area (Å²) in [6, 6.07) is 2.00. The average Bonchev–Trinajstić information content (AvgIpc) is 2.18. The molecule has 0 saturated carbocycles. The minimum atomic E-state index is -0.355. The van der Waals surface area contributed by atoms with Crippen LogP contribution in [0.4, 0.5) is 0 Å². The third kappa shape index (κ3) is 2.55. The molecule has 0 spiro atoms. The topological polar surface area (TPSA) is 33.1 Å². The molecule has 2 heteroatoms. The quantitative estimate of drug-likeness (QED) is 0.797. The van der Waals surface area contributed by atoms with Crippen molar-refractivity contribution >= 4 is 0 Å². The van der Waals surface area contributed by atoms with Crippen molar-refractivity contribution in [3.8, 4) is 0 Å². The Morgan fingerprint density at radius 2 is 2.07 bits per heavy atom. The second kappa shape index (κ2) is 5.11. The second-order valence-corrected chi connectivity index (χ2v) is 3.96. The second-order valence-electron chi connectivity index (χ2n) is 3.96. The summed E-state index contributed by atoms with van der Waals surface area (Å²) >= 11 is 0. The third-order valence-electron chi connectivity index (χ3n) is 2.43. The lowest BCUT2D eigenvalue weighted by Gasteiger charge is -2.16. The molecule has 1 unspecified atom stereocenters. The monoisotopic (exact) mass is 193 g/mol. The molecule has 0 bridgehead atoms. The lowest BCUT2D eigenvalue weighted by Crippen LogP contribution is -2.03. The van der Waals surface area contributed by atoms with Gasteiger partial charge in [0, 0.05) is 18.0 Å². The number of rotatable bonds is 4. The average molecular weight is 193 g/mol. The van der Waals surface area contributed by atoms with Crippen molar-refractivity contribution in [3.05, 3.63) is 29.6 Å². The van der Waals surface area contributed by atoms with Gasteiger partial charge >= 0.3 is 0 Å². The summed E-state index contributed by atoms with van der Waals surface area (Å²) in [6.45, 7) is 6.35. The number of aliphatic hydroxyl groups excluding tert-OH is 1. The Kier molecular flexibility index (Phi) is 4.08. The Labute approximate surface area is 86.0 Å². The van der Waals surface area contributed by atoms with Crippen LogP contribution in [0.1, 0.15) is 56.8 Å². The van der Waals surface area contributed by atoms with Crippen LogP contribution in [0.2, 0.25) is 0 Å². The molecule has 1 heterocycles. The number of aliphatic hydroxyl groups is 1. The molecule has 1 atom stereocenters. The Hall–Kier alpha value is -0.890. The molecule has 0 radical (unpaired) electrons. The van der Waals surface area contributed by atoms with Crippen LogP contribution < -0.4 is 0 Å². The number of aromatic nitrogens is 1. The van der Waals surface area contributed by atoms with Crippen LogP contribution in [0, 0.1) is 0 Å². The van der Waals surface area contributed by atoms with E-state index in [-0.39, 0.29) is 6.10 Å². The standard InChI is InChI=1S/C12H19NO/c1-4-5-12(14)11-8-13-7-6-10(11)9(2)3/h6-9,12,14H,4-5H2,1-3H3. The van der Waals surface area contributed by atoms with Crippen molar-refractivity contribution in [2.24, 2.45) is 0 Å². The van der Waals surface area contributed by atoms with Gasteiger partial charge in [-0.15, -0.1) is 0 Å². The summed E-state index contributed by atoms with van der Waals surface area (Å²) in [4.78, 5) is 4.07. The van der Waals surface area contributed by atoms with E-state index in [4.69, 9.17) is 0 Å². The summed E-state index contributed by atoms with van der Waals surface area (Å²) in [5.74, 6) is 0.444. The van der Waals surface area contributed by atoms with Gasteiger partial charge in [0.15, 0.2) is 0 Å². The first kappa shape index (κ1) is 11.2. The van der Waals surface area contributed by atoms with E-state index in [1.807, 2.05) is 6.07 Å². The van der Waals surface area contributed by atoms with Crippen LogP contribution in [0.15, 0.2) is 18.5 Å². The summed E-state index contributed by atoms with van der Waals surface area (Å²) < 4.78 is 0. The first-order valence-corrected chi connectivity index (χ1v) is 5.28. The Morgan fingerprint density at radius 3 is 2.64 bits per heavy atom. The van der Waals surface area contributed by atoms with Crippen LogP contribution in [0.5, 0.6) is 0 Å². The Morgan fingerprint density at radius 1 is 1.36 bits per heavy atom. The smallest absolute Gasteiger partial charge is 0.0807 e. The zero-order chi connectivity index (χ0) is 10.6. The number of hydrogen-bond acceptors (Lipinski definition) is 2. The maximum absolute atomic E-state index is 9.91. The largest absolute Gasteiger partial charge is 0.388 e. The van der Waals surface area contributed by atoms with E-state index >= 15 is 0 Å². The molecule has 0 aromatic carbocycles. The SMILES string of the molecule is CCCC(O)c1cnccc1C(C)C. The van der Waals surface area contributed by atoms with Crippen LogP contribution in [-0.2, 0) is 0 Å².